The molecule has 0 aliphatic carbocycles. The number of hydrogen-bond donors (Lipinski definition) is 6. The Morgan fingerprint density at radius 3 is 2.49 bits per heavy atom. The van der Waals surface area contributed by atoms with Gasteiger partial charge < -0.3 is 51.2 Å². The third-order valence-electron chi connectivity index (χ3n) is 7.40. The molecular weight excluding hydrogens is 640 g/mol. The number of carbonyl (C=O) groups is 4. The van der Waals surface area contributed by atoms with E-state index in [9.17, 15) is 29.1 Å². The lowest BCUT2D eigenvalue weighted by atomic mass is 10.0. The predicted molar refractivity (Wildman–Crippen MR) is 178 cm³/mol. The van der Waals surface area contributed by atoms with Gasteiger partial charge in [0.25, 0.3) is 5.91 Å². The number of ether oxygens (including phenoxy) is 3. The summed E-state index contributed by atoms with van der Waals surface area (Å²) in [7, 11) is 0. The molecule has 1 unspecified atom stereocenters. The van der Waals surface area contributed by atoms with Gasteiger partial charge in [-0.3, -0.25) is 24.2 Å². The topological polar surface area (TPSA) is 247 Å². The number of carboxylic acid groups (broad SMARTS) is 1. The zero-order chi connectivity index (χ0) is 35.2. The number of nitrogens with one attached hydrogen (secondary N) is 3. The molecule has 0 saturated heterocycles. The molecule has 1 aliphatic rings. The standard InChI is InChI=1S/C33H40N6O10/c34-33(35)37-12-4-5-24(32(44)45)39-28(40)6-2-1-3-11-36-29(41)17-38-30(42)19-48-21-8-9-22-26(16-21)49-18-23(31(22)43)20-7-10-25-27(15-20)47-14-13-46-25/h7-10,15-16,18,24H,1-6,11-14,17,19H2,(H,36,41)(H,38,42)(H,39,40)(H,44,45)(H4,34,35,37). The molecule has 0 spiro atoms. The second kappa shape index (κ2) is 17.9. The summed E-state index contributed by atoms with van der Waals surface area (Å²) in [6.07, 6.45) is 3.83. The van der Waals surface area contributed by atoms with Gasteiger partial charge in [-0.25, -0.2) is 4.79 Å². The molecule has 1 aromatic heterocycles. The summed E-state index contributed by atoms with van der Waals surface area (Å²) in [5.74, 6) is -1.03. The van der Waals surface area contributed by atoms with E-state index >= 15 is 0 Å². The van der Waals surface area contributed by atoms with Gasteiger partial charge in [-0.15, -0.1) is 0 Å². The third kappa shape index (κ3) is 11.2. The smallest absolute Gasteiger partial charge is 0.326 e. The van der Waals surface area contributed by atoms with Crippen molar-refractivity contribution >= 4 is 40.6 Å². The Kier molecular flexibility index (Phi) is 13.2. The van der Waals surface area contributed by atoms with E-state index in [1.165, 1.54) is 12.3 Å². The highest BCUT2D eigenvalue weighted by atomic mass is 16.6. The Bertz CT molecular complexity index is 1740. The lowest BCUT2D eigenvalue weighted by molar-refractivity contribution is -0.142. The first-order valence-corrected chi connectivity index (χ1v) is 15.8. The molecule has 262 valence electrons. The number of hydrogen-bond acceptors (Lipinski definition) is 10. The SMILES string of the molecule is NC(N)=NCCCC(NC(=O)CCCCCNC(=O)CNC(=O)COc1ccc2c(=O)c(-c3ccc4c(c3)OCCO4)coc2c1)C(=O)O. The molecule has 3 amide bonds. The molecule has 0 radical (unpaired) electrons. The molecule has 0 bridgehead atoms. The van der Waals surface area contributed by atoms with Gasteiger partial charge in [0.05, 0.1) is 17.5 Å². The predicted octanol–water partition coefficient (Wildman–Crippen LogP) is 1.03. The van der Waals surface area contributed by atoms with Gasteiger partial charge in [-0.1, -0.05) is 12.5 Å². The van der Waals surface area contributed by atoms with Crippen LogP contribution in [0.1, 0.15) is 38.5 Å². The quantitative estimate of drug-likeness (QED) is 0.0626. The summed E-state index contributed by atoms with van der Waals surface area (Å²) in [5, 5.41) is 17.3. The van der Waals surface area contributed by atoms with Crippen LogP contribution in [0.3, 0.4) is 0 Å². The number of aliphatic carboxylic acids is 1. The van der Waals surface area contributed by atoms with E-state index in [0.717, 1.165) is 0 Å². The van der Waals surface area contributed by atoms with Crippen LogP contribution in [0.25, 0.3) is 22.1 Å². The molecule has 0 fully saturated rings. The minimum Gasteiger partial charge on any atom is -0.486 e. The van der Waals surface area contributed by atoms with Crippen LogP contribution in [0.2, 0.25) is 0 Å². The summed E-state index contributed by atoms with van der Waals surface area (Å²) in [6, 6.07) is 8.84. The van der Waals surface area contributed by atoms with Gasteiger partial charge in [0, 0.05) is 25.6 Å². The summed E-state index contributed by atoms with van der Waals surface area (Å²) in [6.45, 7) is 0.887. The van der Waals surface area contributed by atoms with Crippen molar-refractivity contribution in [1.29, 1.82) is 0 Å². The van der Waals surface area contributed by atoms with Crippen molar-refractivity contribution in [2.24, 2.45) is 16.5 Å². The molecule has 1 atom stereocenters. The van der Waals surface area contributed by atoms with Crippen molar-refractivity contribution in [1.82, 2.24) is 16.0 Å². The van der Waals surface area contributed by atoms with E-state index in [2.05, 4.69) is 20.9 Å². The zero-order valence-corrected chi connectivity index (χ0v) is 26.8. The molecule has 16 nitrogen and oxygen atoms in total. The molecule has 8 N–H and O–H groups in total. The van der Waals surface area contributed by atoms with Crippen LogP contribution in [0.5, 0.6) is 17.2 Å². The fourth-order valence-electron chi connectivity index (χ4n) is 4.89. The fraction of sp³-hybridized carbons (Fsp3) is 0.394. The van der Waals surface area contributed by atoms with Gasteiger partial charge in [-0.2, -0.15) is 0 Å². The number of benzene rings is 2. The molecule has 4 rings (SSSR count). The van der Waals surface area contributed by atoms with Crippen LogP contribution in [0.15, 0.2) is 56.9 Å². The second-order valence-electron chi connectivity index (χ2n) is 11.1. The number of nitrogens with two attached hydrogens (primary N) is 2. The first-order chi connectivity index (χ1) is 23.6. The van der Waals surface area contributed by atoms with E-state index in [4.69, 9.17) is 30.1 Å². The molecule has 3 aromatic rings. The van der Waals surface area contributed by atoms with Crippen molar-refractivity contribution < 1.29 is 42.9 Å². The highest BCUT2D eigenvalue weighted by Crippen LogP contribution is 2.34. The Morgan fingerprint density at radius 1 is 0.918 bits per heavy atom. The summed E-state index contributed by atoms with van der Waals surface area (Å²) >= 11 is 0. The summed E-state index contributed by atoms with van der Waals surface area (Å²) < 4.78 is 22.4. The van der Waals surface area contributed by atoms with Crippen molar-refractivity contribution in [3.63, 3.8) is 0 Å². The average Bonchev–Trinajstić information content (AvgIpc) is 3.08. The number of carboxylic acids is 1. The first kappa shape index (κ1) is 36.0. The van der Waals surface area contributed by atoms with Gasteiger partial charge in [0.2, 0.25) is 11.8 Å². The largest absolute Gasteiger partial charge is 0.486 e. The van der Waals surface area contributed by atoms with Gasteiger partial charge >= 0.3 is 5.97 Å². The zero-order valence-electron chi connectivity index (χ0n) is 26.8. The highest BCUT2D eigenvalue weighted by Gasteiger charge is 2.19. The normalized spacial score (nSPS) is 12.4. The second-order valence-corrected chi connectivity index (χ2v) is 11.1. The van der Waals surface area contributed by atoms with E-state index < -0.39 is 23.8 Å². The Balaban J connectivity index is 1.11. The number of nitrogens with zero attached hydrogens (tertiary/aromatic N) is 1. The lowest BCUT2D eigenvalue weighted by Gasteiger charge is -2.18. The van der Waals surface area contributed by atoms with Crippen LogP contribution in [-0.2, 0) is 19.2 Å². The van der Waals surface area contributed by atoms with Crippen molar-refractivity contribution in [2.45, 2.75) is 44.6 Å². The van der Waals surface area contributed by atoms with Crippen molar-refractivity contribution in [3.05, 3.63) is 52.9 Å². The van der Waals surface area contributed by atoms with Gasteiger partial charge in [-0.05, 0) is 55.5 Å². The number of guanidine groups is 1. The molecule has 16 heteroatoms. The van der Waals surface area contributed by atoms with Crippen molar-refractivity contribution in [2.75, 3.05) is 39.5 Å². The molecule has 2 heterocycles. The van der Waals surface area contributed by atoms with Crippen LogP contribution in [0.4, 0.5) is 0 Å². The van der Waals surface area contributed by atoms with E-state index in [-0.39, 0.29) is 55.4 Å². The van der Waals surface area contributed by atoms with Gasteiger partial charge in [0.15, 0.2) is 29.5 Å². The maximum atomic E-state index is 13.2. The number of unbranched alkanes of at least 4 members (excludes halogenated alkanes) is 2. The first-order valence-electron chi connectivity index (χ1n) is 15.8. The van der Waals surface area contributed by atoms with Gasteiger partial charge in [0.1, 0.15) is 36.9 Å². The Morgan fingerprint density at radius 2 is 1.71 bits per heavy atom. The maximum absolute atomic E-state index is 13.2. The Labute approximate surface area is 281 Å². The van der Waals surface area contributed by atoms with Crippen LogP contribution < -0.4 is 47.1 Å². The molecular formula is C33H40N6O10. The number of fused-ring (bicyclic) bond motifs is 2. The van der Waals surface area contributed by atoms with E-state index in [1.807, 2.05) is 0 Å². The minimum atomic E-state index is -1.13. The average molecular weight is 681 g/mol. The summed E-state index contributed by atoms with van der Waals surface area (Å²) in [5.41, 5.74) is 11.5. The van der Waals surface area contributed by atoms with Crippen LogP contribution >= 0.6 is 0 Å². The maximum Gasteiger partial charge on any atom is 0.326 e. The lowest BCUT2D eigenvalue weighted by Crippen LogP contribution is -2.40. The van der Waals surface area contributed by atoms with Crippen molar-refractivity contribution in [3.8, 4) is 28.4 Å². The Hall–Kier alpha value is -5.80. The number of amides is 3. The number of rotatable bonds is 18. The van der Waals surface area contributed by atoms with E-state index in [1.54, 1.807) is 30.3 Å². The number of carbonyl (C=O) groups excluding carboxylic acids is 3. The number of aliphatic imine (C=N–C) groups is 1. The molecule has 49 heavy (non-hydrogen) atoms. The third-order valence-corrected chi connectivity index (χ3v) is 7.40. The monoisotopic (exact) mass is 680 g/mol. The van der Waals surface area contributed by atoms with Crippen LogP contribution in [-0.4, -0.2) is 80.3 Å². The molecule has 0 saturated carbocycles. The molecule has 2 aromatic carbocycles. The minimum absolute atomic E-state index is 0.0798. The fourth-order valence-corrected chi connectivity index (χ4v) is 4.89. The van der Waals surface area contributed by atoms with E-state index in [0.29, 0.717) is 79.2 Å². The highest BCUT2D eigenvalue weighted by molar-refractivity contribution is 5.86. The molecule has 1 aliphatic heterocycles. The summed E-state index contributed by atoms with van der Waals surface area (Å²) in [4.78, 5) is 64.8. The van der Waals surface area contributed by atoms with Crippen LogP contribution in [0, 0.1) is 0 Å².